The van der Waals surface area contributed by atoms with Crippen LogP contribution in [-0.4, -0.2) is 42.8 Å². The summed E-state index contributed by atoms with van der Waals surface area (Å²) in [5.74, 6) is -1.25. The third-order valence-electron chi connectivity index (χ3n) is 5.06. The fourth-order valence-corrected chi connectivity index (χ4v) is 3.74. The third-order valence-corrected chi connectivity index (χ3v) is 5.06. The Morgan fingerprint density at radius 2 is 1.89 bits per heavy atom. The van der Waals surface area contributed by atoms with Crippen molar-refractivity contribution >= 4 is 11.8 Å². The van der Waals surface area contributed by atoms with Gasteiger partial charge in [0.1, 0.15) is 5.75 Å². The summed E-state index contributed by atoms with van der Waals surface area (Å²) >= 11 is 0. The van der Waals surface area contributed by atoms with Crippen molar-refractivity contribution in [2.24, 2.45) is 5.73 Å². The van der Waals surface area contributed by atoms with Gasteiger partial charge in [0.25, 0.3) is 11.8 Å². The first kappa shape index (κ1) is 19.8. The van der Waals surface area contributed by atoms with Crippen molar-refractivity contribution in [2.45, 2.75) is 24.7 Å². The topological polar surface area (TPSA) is 72.6 Å². The molecule has 2 aromatic rings. The molecule has 1 aliphatic rings. The molecule has 0 aromatic heterocycles. The Balaban J connectivity index is 1.92. The van der Waals surface area contributed by atoms with Crippen LogP contribution in [0.4, 0.5) is 8.78 Å². The van der Waals surface area contributed by atoms with E-state index in [0.29, 0.717) is 18.6 Å². The smallest absolute Gasteiger partial charge is 0.315 e. The minimum atomic E-state index is -3.02. The molecular formula is C21H22F2N2O3. The van der Waals surface area contributed by atoms with Crippen molar-refractivity contribution in [2.75, 3.05) is 19.7 Å². The Labute approximate surface area is 162 Å². The van der Waals surface area contributed by atoms with Crippen LogP contribution < -0.4 is 10.5 Å². The Kier molecular flexibility index (Phi) is 5.92. The van der Waals surface area contributed by atoms with Gasteiger partial charge in [-0.25, -0.2) is 0 Å². The van der Waals surface area contributed by atoms with Gasteiger partial charge in [0, 0.05) is 18.5 Å². The van der Waals surface area contributed by atoms with Gasteiger partial charge in [-0.05, 0) is 36.1 Å². The van der Waals surface area contributed by atoms with E-state index in [0.717, 1.165) is 11.1 Å². The molecule has 1 heterocycles. The fraction of sp³-hybridized carbons (Fsp3) is 0.333. The quantitative estimate of drug-likeness (QED) is 0.792. The Bertz CT molecular complexity index is 845. The molecule has 2 N–H and O–H groups in total. The number of ether oxygens (including phenoxy) is 1. The average molecular weight is 388 g/mol. The van der Waals surface area contributed by atoms with Crippen LogP contribution in [0.3, 0.4) is 0 Å². The number of carbonyl (C=O) groups excluding carboxylic acids is 2. The van der Waals surface area contributed by atoms with E-state index in [1.165, 1.54) is 4.90 Å². The lowest BCUT2D eigenvalue weighted by Crippen LogP contribution is -2.38. The van der Waals surface area contributed by atoms with Crippen LogP contribution in [-0.2, 0) is 21.4 Å². The zero-order valence-corrected chi connectivity index (χ0v) is 15.3. The number of halogens is 2. The van der Waals surface area contributed by atoms with Crippen LogP contribution in [0.1, 0.15) is 17.5 Å². The van der Waals surface area contributed by atoms with Gasteiger partial charge >= 0.3 is 6.43 Å². The van der Waals surface area contributed by atoms with Gasteiger partial charge in [0.15, 0.2) is 6.61 Å². The van der Waals surface area contributed by atoms with Crippen molar-refractivity contribution in [1.82, 2.24) is 4.90 Å². The summed E-state index contributed by atoms with van der Waals surface area (Å²) in [6.07, 6.45) is -1.86. The molecule has 2 amide bonds. The first-order valence-corrected chi connectivity index (χ1v) is 9.02. The molecule has 3 rings (SSSR count). The second kappa shape index (κ2) is 8.37. The SMILES string of the molecule is NC(=O)COc1cccc(C2(Cc3ccccc3)CCN(C(=O)C(F)F)C2)c1. The summed E-state index contributed by atoms with van der Waals surface area (Å²) in [4.78, 5) is 24.1. The van der Waals surface area contributed by atoms with Crippen LogP contribution in [0.2, 0.25) is 0 Å². The highest BCUT2D eigenvalue weighted by molar-refractivity contribution is 5.80. The number of nitrogens with zero attached hydrogens (tertiary/aromatic N) is 1. The number of benzene rings is 2. The molecule has 5 nitrogen and oxygen atoms in total. The zero-order chi connectivity index (χ0) is 20.1. The number of rotatable bonds is 7. The second-order valence-corrected chi connectivity index (χ2v) is 7.04. The van der Waals surface area contributed by atoms with Crippen molar-refractivity contribution in [3.05, 3.63) is 65.7 Å². The Morgan fingerprint density at radius 3 is 2.57 bits per heavy atom. The molecule has 28 heavy (non-hydrogen) atoms. The number of carbonyl (C=O) groups is 2. The molecule has 0 spiro atoms. The molecule has 1 aliphatic heterocycles. The summed E-state index contributed by atoms with van der Waals surface area (Å²) < 4.78 is 31.3. The number of amides is 2. The van der Waals surface area contributed by atoms with E-state index in [1.54, 1.807) is 18.2 Å². The average Bonchev–Trinajstić information content (AvgIpc) is 3.12. The first-order valence-electron chi connectivity index (χ1n) is 9.02. The van der Waals surface area contributed by atoms with Gasteiger partial charge in [-0.1, -0.05) is 42.5 Å². The van der Waals surface area contributed by atoms with Crippen molar-refractivity contribution < 1.29 is 23.1 Å². The lowest BCUT2D eigenvalue weighted by Gasteiger charge is -2.30. The van der Waals surface area contributed by atoms with Crippen LogP contribution in [0.25, 0.3) is 0 Å². The number of nitrogens with two attached hydrogens (primary N) is 1. The van der Waals surface area contributed by atoms with Crippen molar-refractivity contribution in [3.63, 3.8) is 0 Å². The second-order valence-electron chi connectivity index (χ2n) is 7.04. The molecular weight excluding hydrogens is 366 g/mol. The Hall–Kier alpha value is -2.96. The molecule has 0 bridgehead atoms. The van der Waals surface area contributed by atoms with Gasteiger partial charge < -0.3 is 15.4 Å². The number of hydrogen-bond acceptors (Lipinski definition) is 3. The maximum Gasteiger partial charge on any atom is 0.315 e. The van der Waals surface area contributed by atoms with Crippen molar-refractivity contribution in [1.29, 1.82) is 0 Å². The lowest BCUT2D eigenvalue weighted by molar-refractivity contribution is -0.141. The first-order chi connectivity index (χ1) is 13.4. The summed E-state index contributed by atoms with van der Waals surface area (Å²) in [6.45, 7) is 0.220. The zero-order valence-electron chi connectivity index (χ0n) is 15.3. The van der Waals surface area contributed by atoms with Gasteiger partial charge in [-0.15, -0.1) is 0 Å². The summed E-state index contributed by atoms with van der Waals surface area (Å²) in [5.41, 5.74) is 6.54. The van der Waals surface area contributed by atoms with Gasteiger partial charge in [0.05, 0.1) is 0 Å². The van der Waals surface area contributed by atoms with Gasteiger partial charge in [-0.3, -0.25) is 9.59 Å². The van der Waals surface area contributed by atoms with E-state index in [9.17, 15) is 18.4 Å². The van der Waals surface area contributed by atoms with E-state index in [4.69, 9.17) is 10.5 Å². The standard InChI is InChI=1S/C21H22F2N2O3/c22-19(23)20(27)25-10-9-21(14-25,12-15-5-2-1-3-6-15)16-7-4-8-17(11-16)28-13-18(24)26/h1-8,11,19H,9-10,12-14H2,(H2,24,26). The number of alkyl halides is 2. The molecule has 7 heteroatoms. The molecule has 0 saturated carbocycles. The molecule has 0 aliphatic carbocycles. The van der Waals surface area contributed by atoms with E-state index >= 15 is 0 Å². The maximum atomic E-state index is 12.9. The van der Waals surface area contributed by atoms with Crippen LogP contribution in [0, 0.1) is 0 Å². The summed E-state index contributed by atoms with van der Waals surface area (Å²) in [7, 11) is 0. The monoisotopic (exact) mass is 388 g/mol. The maximum absolute atomic E-state index is 12.9. The molecule has 1 fully saturated rings. The van der Waals surface area contributed by atoms with E-state index in [2.05, 4.69) is 0 Å². The van der Waals surface area contributed by atoms with Crippen LogP contribution in [0.15, 0.2) is 54.6 Å². The lowest BCUT2D eigenvalue weighted by atomic mass is 9.75. The van der Waals surface area contributed by atoms with E-state index < -0.39 is 23.7 Å². The van der Waals surface area contributed by atoms with Gasteiger partial charge in [-0.2, -0.15) is 8.78 Å². The number of likely N-dealkylation sites (tertiary alicyclic amines) is 1. The van der Waals surface area contributed by atoms with Crippen LogP contribution >= 0.6 is 0 Å². The van der Waals surface area contributed by atoms with Crippen LogP contribution in [0.5, 0.6) is 5.75 Å². The molecule has 1 atom stereocenters. The number of hydrogen-bond donors (Lipinski definition) is 1. The molecule has 2 aromatic carbocycles. The molecule has 1 unspecified atom stereocenters. The largest absolute Gasteiger partial charge is 0.484 e. The van der Waals surface area contributed by atoms with E-state index in [-0.39, 0.29) is 19.7 Å². The van der Waals surface area contributed by atoms with Gasteiger partial charge in [0.2, 0.25) is 0 Å². The molecule has 1 saturated heterocycles. The third kappa shape index (κ3) is 4.47. The minimum absolute atomic E-state index is 0.199. The highest BCUT2D eigenvalue weighted by Gasteiger charge is 2.43. The van der Waals surface area contributed by atoms with Crippen molar-refractivity contribution in [3.8, 4) is 5.75 Å². The minimum Gasteiger partial charge on any atom is -0.484 e. The summed E-state index contributed by atoms with van der Waals surface area (Å²) in [5, 5.41) is 0. The molecule has 148 valence electrons. The summed E-state index contributed by atoms with van der Waals surface area (Å²) in [6, 6.07) is 16.9. The highest BCUT2D eigenvalue weighted by atomic mass is 19.3. The normalized spacial score (nSPS) is 19.0. The predicted molar refractivity (Wildman–Crippen MR) is 100 cm³/mol. The Morgan fingerprint density at radius 1 is 1.14 bits per heavy atom. The fourth-order valence-electron chi connectivity index (χ4n) is 3.74. The number of primary amides is 1. The highest BCUT2D eigenvalue weighted by Crippen LogP contribution is 2.39. The van der Waals surface area contributed by atoms with E-state index in [1.807, 2.05) is 36.4 Å². The predicted octanol–water partition coefficient (Wildman–Crippen LogP) is 2.53. The molecule has 0 radical (unpaired) electrons.